The molecule has 0 bridgehead atoms. The fourth-order valence-electron chi connectivity index (χ4n) is 6.70. The molecule has 0 saturated heterocycles. The van der Waals surface area contributed by atoms with Crippen LogP contribution in [-0.2, 0) is 30.4 Å². The summed E-state index contributed by atoms with van der Waals surface area (Å²) in [5.74, 6) is -2.44. The van der Waals surface area contributed by atoms with Crippen LogP contribution in [0.1, 0.15) is 95.5 Å². The molecule has 15 nitrogen and oxygen atoms in total. The molecule has 0 amide bonds. The van der Waals surface area contributed by atoms with Crippen molar-refractivity contribution >= 4 is 82.4 Å². The van der Waals surface area contributed by atoms with Crippen LogP contribution in [0.5, 0.6) is 0 Å². The van der Waals surface area contributed by atoms with Gasteiger partial charge in [-0.25, -0.2) is 25.3 Å². The predicted octanol–water partition coefficient (Wildman–Crippen LogP) is 3.72. The molecule has 0 saturated carbocycles. The van der Waals surface area contributed by atoms with Crippen LogP contribution >= 0.6 is 0 Å². The van der Waals surface area contributed by atoms with E-state index in [2.05, 4.69) is 0 Å². The van der Waals surface area contributed by atoms with E-state index in [9.17, 15) is 67.7 Å². The fourth-order valence-corrected chi connectivity index (χ4v) is 8.19. The first-order valence-corrected chi connectivity index (χ1v) is 21.3. The van der Waals surface area contributed by atoms with Gasteiger partial charge in [-0.05, 0) is 54.6 Å². The minimum absolute atomic E-state index is 0. The third-order valence-corrected chi connectivity index (χ3v) is 12.0. The van der Waals surface area contributed by atoms with Crippen molar-refractivity contribution in [1.82, 2.24) is 0 Å². The summed E-state index contributed by atoms with van der Waals surface area (Å²) in [4.78, 5) is 72.0. The molecular formula is C42H21AlO15S3. The molecule has 0 aromatic heterocycles. The first kappa shape index (κ1) is 44.2. The standard InChI is InChI=1S/3C14H8O5S.Al/c3*15-13-9-3-1-2-4-10(9)14(16)12-7-8(20(17,18)19)5-6-11(12)13;/h3*1-7H,(H,17,18,19);/q;;;+3/p-3. The van der Waals surface area contributed by atoms with Crippen LogP contribution in [0, 0.1) is 0 Å². The van der Waals surface area contributed by atoms with Gasteiger partial charge < -0.3 is 13.7 Å². The molecule has 0 heterocycles. The van der Waals surface area contributed by atoms with E-state index in [4.69, 9.17) is 0 Å². The summed E-state index contributed by atoms with van der Waals surface area (Å²) in [6.07, 6.45) is 0. The summed E-state index contributed by atoms with van der Waals surface area (Å²) in [6, 6.07) is 28.5. The van der Waals surface area contributed by atoms with Crippen LogP contribution in [0.15, 0.2) is 142 Å². The van der Waals surface area contributed by atoms with Gasteiger partial charge in [-0.15, -0.1) is 0 Å². The average Bonchev–Trinajstić information content (AvgIpc) is 3.23. The van der Waals surface area contributed by atoms with Gasteiger partial charge >= 0.3 is 17.4 Å². The second kappa shape index (κ2) is 16.2. The predicted molar refractivity (Wildman–Crippen MR) is 209 cm³/mol. The molecule has 0 aliphatic heterocycles. The van der Waals surface area contributed by atoms with Crippen molar-refractivity contribution in [2.24, 2.45) is 0 Å². The summed E-state index contributed by atoms with van der Waals surface area (Å²) in [5.41, 5.74) is 1.67. The molecule has 61 heavy (non-hydrogen) atoms. The molecule has 0 atom stereocenters. The molecule has 300 valence electrons. The Balaban J connectivity index is 0.000000152. The van der Waals surface area contributed by atoms with Crippen molar-refractivity contribution < 1.29 is 67.7 Å². The largest absolute Gasteiger partial charge is 3.00 e. The summed E-state index contributed by atoms with van der Waals surface area (Å²) in [6.45, 7) is 0. The Kier molecular flexibility index (Phi) is 11.7. The SMILES string of the molecule is O=C1c2ccccc2C(=O)c2cc(S(=O)(=O)[O-])ccc21.O=C1c2ccccc2C(=O)c2cc(S(=O)(=O)[O-])ccc21.O=C1c2ccccc2C(=O)c2cc(S(=O)(=O)[O-])ccc21.[Al+3]. The van der Waals surface area contributed by atoms with Crippen LogP contribution in [0.4, 0.5) is 0 Å². The Morgan fingerprint density at radius 2 is 0.426 bits per heavy atom. The topological polar surface area (TPSA) is 274 Å². The molecule has 0 radical (unpaired) electrons. The second-order valence-corrected chi connectivity index (χ2v) is 17.2. The van der Waals surface area contributed by atoms with Gasteiger partial charge in [-0.2, -0.15) is 0 Å². The number of carbonyl (C=O) groups is 6. The van der Waals surface area contributed by atoms with Crippen LogP contribution in [0.3, 0.4) is 0 Å². The van der Waals surface area contributed by atoms with Crippen molar-refractivity contribution in [1.29, 1.82) is 0 Å². The minimum Gasteiger partial charge on any atom is -0.744 e. The molecule has 6 aromatic rings. The Hall–Kier alpha value is -6.40. The van der Waals surface area contributed by atoms with Crippen LogP contribution in [0.2, 0.25) is 0 Å². The number of rotatable bonds is 3. The van der Waals surface area contributed by atoms with Crippen molar-refractivity contribution in [2.75, 3.05) is 0 Å². The zero-order valence-electron chi connectivity index (χ0n) is 30.6. The van der Waals surface area contributed by atoms with E-state index in [1.54, 1.807) is 36.4 Å². The van der Waals surface area contributed by atoms with Crippen LogP contribution in [-0.4, -0.2) is 91.0 Å². The van der Waals surface area contributed by atoms with Gasteiger partial charge in [-0.3, -0.25) is 28.8 Å². The maximum Gasteiger partial charge on any atom is 3.00 e. The van der Waals surface area contributed by atoms with E-state index in [1.807, 2.05) is 0 Å². The number of hydrogen-bond acceptors (Lipinski definition) is 15. The molecular weight excluding hydrogens is 868 g/mol. The first-order valence-electron chi connectivity index (χ1n) is 17.0. The van der Waals surface area contributed by atoms with E-state index in [-0.39, 0.29) is 101 Å². The first-order chi connectivity index (χ1) is 28.2. The van der Waals surface area contributed by atoms with E-state index in [0.29, 0.717) is 0 Å². The van der Waals surface area contributed by atoms with Gasteiger partial charge in [0.1, 0.15) is 30.4 Å². The molecule has 0 N–H and O–H groups in total. The minimum atomic E-state index is -4.67. The van der Waals surface area contributed by atoms with Gasteiger partial charge in [0.2, 0.25) is 0 Å². The number of fused-ring (bicyclic) bond motifs is 6. The van der Waals surface area contributed by atoms with Crippen LogP contribution in [0.25, 0.3) is 0 Å². The molecule has 9 rings (SSSR count). The van der Waals surface area contributed by atoms with E-state index in [0.717, 1.165) is 36.4 Å². The molecule has 3 aliphatic carbocycles. The van der Waals surface area contributed by atoms with Gasteiger partial charge in [0.05, 0.1) is 14.7 Å². The zero-order chi connectivity index (χ0) is 43.5. The second-order valence-electron chi connectivity index (χ2n) is 13.1. The van der Waals surface area contributed by atoms with Crippen molar-refractivity contribution in [3.8, 4) is 0 Å². The van der Waals surface area contributed by atoms with Crippen molar-refractivity contribution in [2.45, 2.75) is 14.7 Å². The Bertz CT molecular complexity index is 2950. The summed E-state index contributed by atoms with van der Waals surface area (Å²) in [7, 11) is -14.0. The maximum atomic E-state index is 12.3. The maximum absolute atomic E-state index is 12.3. The van der Waals surface area contributed by atoms with Gasteiger partial charge in [0.15, 0.2) is 34.7 Å². The van der Waals surface area contributed by atoms with E-state index in [1.165, 1.54) is 54.6 Å². The van der Waals surface area contributed by atoms with Crippen molar-refractivity contribution in [3.63, 3.8) is 0 Å². The average molecular weight is 889 g/mol. The number of ketones is 6. The molecule has 19 heteroatoms. The van der Waals surface area contributed by atoms with Crippen LogP contribution < -0.4 is 0 Å². The summed E-state index contributed by atoms with van der Waals surface area (Å²) < 4.78 is 99.0. The van der Waals surface area contributed by atoms with E-state index >= 15 is 0 Å². The van der Waals surface area contributed by atoms with Gasteiger partial charge in [-0.1, -0.05) is 72.8 Å². The number of hydrogen-bond donors (Lipinski definition) is 0. The van der Waals surface area contributed by atoms with Crippen molar-refractivity contribution in [3.05, 3.63) is 194 Å². The third-order valence-electron chi connectivity index (χ3n) is 9.56. The monoisotopic (exact) mass is 888 g/mol. The number of carbonyl (C=O) groups excluding carboxylic acids is 6. The Morgan fingerprint density at radius 1 is 0.262 bits per heavy atom. The Labute approximate surface area is 357 Å². The molecule has 0 spiro atoms. The van der Waals surface area contributed by atoms with Gasteiger partial charge in [0.25, 0.3) is 0 Å². The van der Waals surface area contributed by atoms with Gasteiger partial charge in [0, 0.05) is 66.8 Å². The molecule has 6 aromatic carbocycles. The van der Waals surface area contributed by atoms with E-state index < -0.39 is 62.4 Å². The Morgan fingerprint density at radius 3 is 0.607 bits per heavy atom. The quantitative estimate of drug-likeness (QED) is 0.181. The normalized spacial score (nSPS) is 13.6. The summed E-state index contributed by atoms with van der Waals surface area (Å²) >= 11 is 0. The summed E-state index contributed by atoms with van der Waals surface area (Å²) in [5, 5.41) is 0. The fraction of sp³-hybridized carbons (Fsp3) is 0. The number of benzene rings is 6. The smallest absolute Gasteiger partial charge is 0.744 e. The third kappa shape index (κ3) is 8.24. The molecule has 3 aliphatic rings. The zero-order valence-corrected chi connectivity index (χ0v) is 34.2. The molecule has 0 fully saturated rings. The molecule has 0 unspecified atom stereocenters.